The first-order chi connectivity index (χ1) is 26.0. The Morgan fingerprint density at radius 3 is 1.43 bits per heavy atom. The van der Waals surface area contributed by atoms with E-state index in [0.717, 1.165) is 70.6 Å². The Kier molecular flexibility index (Phi) is 36.1. The number of ether oxygens (including phenoxy) is 2. The molecular formula is C44H85NO8P+. The highest BCUT2D eigenvalue weighted by atomic mass is 31.2. The first-order valence-electron chi connectivity index (χ1n) is 22.1. The zero-order chi connectivity index (χ0) is 40.0. The third kappa shape index (κ3) is 40.2. The molecule has 0 bridgehead atoms. The highest BCUT2D eigenvalue weighted by molar-refractivity contribution is 7.47. The minimum Gasteiger partial charge on any atom is -0.462 e. The van der Waals surface area contributed by atoms with Gasteiger partial charge in [-0.2, -0.15) is 0 Å². The van der Waals surface area contributed by atoms with Crippen LogP contribution in [0.3, 0.4) is 0 Å². The number of allylic oxidation sites excluding steroid dienone is 4. The van der Waals surface area contributed by atoms with Crippen molar-refractivity contribution >= 4 is 19.8 Å². The van der Waals surface area contributed by atoms with Crippen LogP contribution in [0.2, 0.25) is 0 Å². The van der Waals surface area contributed by atoms with Crippen molar-refractivity contribution < 1.29 is 42.1 Å². The third-order valence-corrected chi connectivity index (χ3v) is 10.4. The molecular weight excluding hydrogens is 701 g/mol. The molecule has 9 nitrogen and oxygen atoms in total. The van der Waals surface area contributed by atoms with Gasteiger partial charge in [-0.25, -0.2) is 4.57 Å². The number of unbranched alkanes of at least 4 members (excludes halogenated alkanes) is 22. The number of rotatable bonds is 40. The lowest BCUT2D eigenvalue weighted by molar-refractivity contribution is -0.870. The number of carbonyl (C=O) groups excluding carboxylic acids is 2. The van der Waals surface area contributed by atoms with Gasteiger partial charge >= 0.3 is 19.8 Å². The Labute approximate surface area is 332 Å². The van der Waals surface area contributed by atoms with Crippen LogP contribution in [0.25, 0.3) is 0 Å². The van der Waals surface area contributed by atoms with E-state index in [1.54, 1.807) is 0 Å². The second kappa shape index (κ2) is 37.1. The molecule has 0 fully saturated rings. The molecule has 0 aliphatic carbocycles. The van der Waals surface area contributed by atoms with E-state index in [0.29, 0.717) is 17.4 Å². The molecule has 0 aromatic rings. The van der Waals surface area contributed by atoms with E-state index in [9.17, 15) is 19.0 Å². The van der Waals surface area contributed by atoms with E-state index in [1.807, 2.05) is 21.1 Å². The molecule has 0 heterocycles. The molecule has 2 atom stereocenters. The van der Waals surface area contributed by atoms with Crippen LogP contribution in [0, 0.1) is 0 Å². The molecule has 0 radical (unpaired) electrons. The van der Waals surface area contributed by atoms with Gasteiger partial charge in [0.1, 0.15) is 19.8 Å². The van der Waals surface area contributed by atoms with Crippen LogP contribution in [0.5, 0.6) is 0 Å². The van der Waals surface area contributed by atoms with Crippen LogP contribution < -0.4 is 0 Å². The molecule has 1 N–H and O–H groups in total. The molecule has 0 aliphatic heterocycles. The second-order valence-electron chi connectivity index (χ2n) is 16.1. The van der Waals surface area contributed by atoms with E-state index < -0.39 is 26.5 Å². The molecule has 0 saturated heterocycles. The van der Waals surface area contributed by atoms with Crippen molar-refractivity contribution in [2.45, 2.75) is 200 Å². The molecule has 0 saturated carbocycles. The zero-order valence-corrected chi connectivity index (χ0v) is 36.6. The first-order valence-corrected chi connectivity index (χ1v) is 23.6. The van der Waals surface area contributed by atoms with Crippen molar-refractivity contribution in [3.05, 3.63) is 24.3 Å². The average molecular weight is 787 g/mol. The molecule has 0 aromatic heterocycles. The Hall–Kier alpha value is -1.51. The lowest BCUT2D eigenvalue weighted by Gasteiger charge is -2.24. The molecule has 318 valence electrons. The fourth-order valence-electron chi connectivity index (χ4n) is 5.93. The van der Waals surface area contributed by atoms with E-state index in [4.69, 9.17) is 18.5 Å². The normalized spacial score (nSPS) is 13.8. The summed E-state index contributed by atoms with van der Waals surface area (Å²) in [6.07, 6.45) is 39.4. The van der Waals surface area contributed by atoms with Crippen molar-refractivity contribution in [2.24, 2.45) is 0 Å². The Balaban J connectivity index is 4.32. The summed E-state index contributed by atoms with van der Waals surface area (Å²) in [6.45, 7) is 4.37. The van der Waals surface area contributed by atoms with Crippen molar-refractivity contribution in [3.63, 3.8) is 0 Å². The molecule has 0 rings (SSSR count). The summed E-state index contributed by atoms with van der Waals surface area (Å²) < 4.78 is 34.3. The maximum Gasteiger partial charge on any atom is 0.472 e. The lowest BCUT2D eigenvalue weighted by atomic mass is 10.1. The molecule has 0 amide bonds. The molecule has 0 aliphatic rings. The number of carbonyl (C=O) groups is 2. The average Bonchev–Trinajstić information content (AvgIpc) is 3.12. The summed E-state index contributed by atoms with van der Waals surface area (Å²) in [4.78, 5) is 35.3. The van der Waals surface area contributed by atoms with E-state index in [-0.39, 0.29) is 32.0 Å². The number of hydrogen-bond acceptors (Lipinski definition) is 7. The van der Waals surface area contributed by atoms with Crippen LogP contribution in [-0.2, 0) is 32.7 Å². The number of quaternary nitrogens is 1. The number of phosphoric ester groups is 1. The summed E-state index contributed by atoms with van der Waals surface area (Å²) in [5.41, 5.74) is 0. The number of hydrogen-bond donors (Lipinski definition) is 1. The standard InChI is InChI=1S/C44H84NO8P/c1-6-8-10-12-14-16-18-19-20-21-22-23-24-25-27-29-31-33-35-37-44(47)53-42(41-52-54(48,49)51-39-38-45(3,4)5)40-50-43(46)36-34-32-30-28-26-17-15-13-11-9-7-2/h13,15,21-22,42H,6-12,14,16-20,23-41H2,1-5H3/p+1/b15-13-,22-21-/t42-/m1/s1. The summed E-state index contributed by atoms with van der Waals surface area (Å²) >= 11 is 0. The van der Waals surface area contributed by atoms with Gasteiger partial charge in [0, 0.05) is 12.8 Å². The number of likely N-dealkylation sites (N-methyl/N-ethyl adjacent to an activating group) is 1. The second-order valence-corrected chi connectivity index (χ2v) is 17.5. The minimum absolute atomic E-state index is 0.0306. The monoisotopic (exact) mass is 787 g/mol. The van der Waals surface area contributed by atoms with Crippen LogP contribution in [0.15, 0.2) is 24.3 Å². The zero-order valence-electron chi connectivity index (χ0n) is 35.7. The van der Waals surface area contributed by atoms with Gasteiger partial charge < -0.3 is 18.9 Å². The van der Waals surface area contributed by atoms with Gasteiger partial charge in [-0.15, -0.1) is 0 Å². The number of phosphoric acid groups is 1. The van der Waals surface area contributed by atoms with Crippen LogP contribution >= 0.6 is 7.82 Å². The van der Waals surface area contributed by atoms with Gasteiger partial charge in [0.05, 0.1) is 27.7 Å². The summed E-state index contributed by atoms with van der Waals surface area (Å²) in [5.74, 6) is -0.812. The largest absolute Gasteiger partial charge is 0.472 e. The van der Waals surface area contributed by atoms with Gasteiger partial charge in [-0.05, 0) is 57.8 Å². The van der Waals surface area contributed by atoms with Crippen LogP contribution in [-0.4, -0.2) is 74.9 Å². The van der Waals surface area contributed by atoms with Gasteiger partial charge in [0.15, 0.2) is 6.10 Å². The van der Waals surface area contributed by atoms with Crippen LogP contribution in [0.1, 0.15) is 194 Å². The SMILES string of the molecule is CCCC/C=C\CCCCCCCC(=O)OC[C@H](COP(=O)(O)OCC[N+](C)(C)C)OC(=O)CCCCCCCCC/C=C\CCCCCCCCCC. The molecule has 0 aromatic carbocycles. The third-order valence-electron chi connectivity index (χ3n) is 9.45. The van der Waals surface area contributed by atoms with Gasteiger partial charge in [-0.1, -0.05) is 147 Å². The molecule has 10 heteroatoms. The molecule has 54 heavy (non-hydrogen) atoms. The number of esters is 2. The van der Waals surface area contributed by atoms with E-state index >= 15 is 0 Å². The lowest BCUT2D eigenvalue weighted by Crippen LogP contribution is -2.37. The summed E-state index contributed by atoms with van der Waals surface area (Å²) in [6, 6.07) is 0. The highest BCUT2D eigenvalue weighted by Crippen LogP contribution is 2.43. The fourth-order valence-corrected chi connectivity index (χ4v) is 6.67. The maximum atomic E-state index is 12.7. The Morgan fingerprint density at radius 2 is 0.963 bits per heavy atom. The van der Waals surface area contributed by atoms with Gasteiger partial charge in [0.25, 0.3) is 0 Å². The van der Waals surface area contributed by atoms with Gasteiger partial charge in [0.2, 0.25) is 0 Å². The van der Waals surface area contributed by atoms with E-state index in [1.165, 1.54) is 89.9 Å². The molecule has 1 unspecified atom stereocenters. The topological polar surface area (TPSA) is 108 Å². The first kappa shape index (κ1) is 52.5. The summed E-state index contributed by atoms with van der Waals surface area (Å²) in [5, 5.41) is 0. The summed E-state index contributed by atoms with van der Waals surface area (Å²) in [7, 11) is 1.47. The maximum absolute atomic E-state index is 12.7. The van der Waals surface area contributed by atoms with Crippen LogP contribution in [0.4, 0.5) is 0 Å². The smallest absolute Gasteiger partial charge is 0.462 e. The minimum atomic E-state index is -4.37. The van der Waals surface area contributed by atoms with Crippen molar-refractivity contribution in [2.75, 3.05) is 47.5 Å². The van der Waals surface area contributed by atoms with E-state index in [2.05, 4.69) is 38.2 Å². The van der Waals surface area contributed by atoms with Gasteiger partial charge in [-0.3, -0.25) is 18.6 Å². The quantitative estimate of drug-likeness (QED) is 0.0215. The predicted molar refractivity (Wildman–Crippen MR) is 224 cm³/mol. The van der Waals surface area contributed by atoms with Crippen molar-refractivity contribution in [1.82, 2.24) is 0 Å². The molecule has 0 spiro atoms. The Morgan fingerprint density at radius 1 is 0.556 bits per heavy atom. The van der Waals surface area contributed by atoms with Crippen molar-refractivity contribution in [3.8, 4) is 0 Å². The Bertz CT molecular complexity index is 980. The predicted octanol–water partition coefficient (Wildman–Crippen LogP) is 12.4. The van der Waals surface area contributed by atoms with Crippen molar-refractivity contribution in [1.29, 1.82) is 0 Å². The number of nitrogens with zero attached hydrogens (tertiary/aromatic N) is 1. The fraction of sp³-hybridized carbons (Fsp3) is 0.864. The highest BCUT2D eigenvalue weighted by Gasteiger charge is 2.27.